The van der Waals surface area contributed by atoms with Crippen molar-refractivity contribution in [3.8, 4) is 5.75 Å². The van der Waals surface area contributed by atoms with Crippen molar-refractivity contribution in [2.45, 2.75) is 25.6 Å². The number of aliphatic hydroxyl groups excluding tert-OH is 2. The number of benzene rings is 1. The first-order chi connectivity index (χ1) is 8.41. The minimum atomic E-state index is -1.25. The molecule has 0 spiro atoms. The zero-order valence-electron chi connectivity index (χ0n) is 9.93. The van der Waals surface area contributed by atoms with Crippen molar-refractivity contribution >= 4 is 17.5 Å². The van der Waals surface area contributed by atoms with E-state index >= 15 is 0 Å². The van der Waals surface area contributed by atoms with Crippen LogP contribution in [0.2, 0.25) is 5.02 Å². The average molecular weight is 274 g/mol. The maximum atomic E-state index is 10.7. The molecule has 1 aromatic carbocycles. The number of rotatable bonds is 5. The van der Waals surface area contributed by atoms with Crippen molar-refractivity contribution in [3.63, 3.8) is 0 Å². The third-order valence-electron chi connectivity index (χ3n) is 2.49. The standard InChI is InChI=1S/C12H16ClNO4/c1-7(15)14-5-4-11(17)12(18)9-6-8(13)2-3-10(9)16/h2-3,6,11-12,16-18H,4-5H2,1H3,(H,14,15). The Hall–Kier alpha value is -1.30. The van der Waals surface area contributed by atoms with Crippen LogP contribution in [0.1, 0.15) is 25.0 Å². The van der Waals surface area contributed by atoms with Crippen LogP contribution in [-0.4, -0.2) is 33.9 Å². The Morgan fingerprint density at radius 1 is 1.44 bits per heavy atom. The summed E-state index contributed by atoms with van der Waals surface area (Å²) in [4.78, 5) is 10.7. The van der Waals surface area contributed by atoms with Gasteiger partial charge in [0.05, 0.1) is 6.10 Å². The number of carbonyl (C=O) groups excluding carboxylic acids is 1. The van der Waals surface area contributed by atoms with Crippen molar-refractivity contribution in [2.24, 2.45) is 0 Å². The molecule has 18 heavy (non-hydrogen) atoms. The number of aliphatic hydroxyl groups is 2. The van der Waals surface area contributed by atoms with Crippen LogP contribution in [-0.2, 0) is 4.79 Å². The highest BCUT2D eigenvalue weighted by molar-refractivity contribution is 6.30. The van der Waals surface area contributed by atoms with Crippen LogP contribution in [0, 0.1) is 0 Å². The summed E-state index contributed by atoms with van der Waals surface area (Å²) in [5.74, 6) is -0.340. The summed E-state index contributed by atoms with van der Waals surface area (Å²) in [7, 11) is 0. The van der Waals surface area contributed by atoms with Crippen LogP contribution in [0.25, 0.3) is 0 Å². The highest BCUT2D eigenvalue weighted by Crippen LogP contribution is 2.29. The van der Waals surface area contributed by atoms with Gasteiger partial charge in [0.1, 0.15) is 11.9 Å². The lowest BCUT2D eigenvalue weighted by atomic mass is 10.0. The van der Waals surface area contributed by atoms with Gasteiger partial charge in [-0.05, 0) is 24.6 Å². The van der Waals surface area contributed by atoms with Gasteiger partial charge >= 0.3 is 0 Å². The van der Waals surface area contributed by atoms with Gasteiger partial charge in [0, 0.05) is 24.1 Å². The summed E-state index contributed by atoms with van der Waals surface area (Å²) in [6, 6.07) is 4.22. The van der Waals surface area contributed by atoms with E-state index in [1.807, 2.05) is 0 Å². The molecule has 0 fully saturated rings. The first-order valence-electron chi connectivity index (χ1n) is 5.50. The van der Waals surface area contributed by atoms with Crippen molar-refractivity contribution in [1.29, 1.82) is 0 Å². The number of phenolic OH excluding ortho intramolecular Hbond substituents is 1. The van der Waals surface area contributed by atoms with Crippen LogP contribution < -0.4 is 5.32 Å². The van der Waals surface area contributed by atoms with E-state index in [0.717, 1.165) is 0 Å². The van der Waals surface area contributed by atoms with Gasteiger partial charge in [-0.25, -0.2) is 0 Å². The number of carbonyl (C=O) groups is 1. The fraction of sp³-hybridized carbons (Fsp3) is 0.417. The van der Waals surface area contributed by atoms with E-state index in [2.05, 4.69) is 5.32 Å². The Morgan fingerprint density at radius 3 is 2.72 bits per heavy atom. The zero-order valence-corrected chi connectivity index (χ0v) is 10.7. The number of hydrogen-bond acceptors (Lipinski definition) is 4. The summed E-state index contributed by atoms with van der Waals surface area (Å²) in [5.41, 5.74) is 0.165. The molecule has 0 radical (unpaired) electrons. The maximum absolute atomic E-state index is 10.7. The summed E-state index contributed by atoms with van der Waals surface area (Å²) >= 11 is 5.75. The predicted molar refractivity (Wildman–Crippen MR) is 67.4 cm³/mol. The molecule has 1 amide bonds. The second kappa shape index (κ2) is 6.58. The number of hydrogen-bond donors (Lipinski definition) is 4. The van der Waals surface area contributed by atoms with E-state index in [9.17, 15) is 20.1 Å². The predicted octanol–water partition coefficient (Wildman–Crippen LogP) is 0.966. The lowest BCUT2D eigenvalue weighted by molar-refractivity contribution is -0.119. The van der Waals surface area contributed by atoms with Gasteiger partial charge in [-0.3, -0.25) is 4.79 Å². The maximum Gasteiger partial charge on any atom is 0.216 e. The van der Waals surface area contributed by atoms with E-state index in [-0.39, 0.29) is 30.2 Å². The topological polar surface area (TPSA) is 89.8 Å². The van der Waals surface area contributed by atoms with E-state index in [4.69, 9.17) is 11.6 Å². The molecule has 5 nitrogen and oxygen atoms in total. The molecule has 100 valence electrons. The minimum Gasteiger partial charge on any atom is -0.508 e. The average Bonchev–Trinajstić information content (AvgIpc) is 2.30. The molecule has 0 aliphatic heterocycles. The minimum absolute atomic E-state index is 0.134. The number of amides is 1. The number of aromatic hydroxyl groups is 1. The van der Waals surface area contributed by atoms with Crippen molar-refractivity contribution in [3.05, 3.63) is 28.8 Å². The van der Waals surface area contributed by atoms with E-state index < -0.39 is 12.2 Å². The zero-order chi connectivity index (χ0) is 13.7. The van der Waals surface area contributed by atoms with Gasteiger partial charge in [-0.2, -0.15) is 0 Å². The van der Waals surface area contributed by atoms with Crippen LogP contribution in [0.4, 0.5) is 0 Å². The lowest BCUT2D eigenvalue weighted by Crippen LogP contribution is -2.27. The first kappa shape index (κ1) is 14.8. The molecule has 0 bridgehead atoms. The van der Waals surface area contributed by atoms with Gasteiger partial charge in [0.25, 0.3) is 0 Å². The van der Waals surface area contributed by atoms with Crippen LogP contribution in [0.5, 0.6) is 5.75 Å². The summed E-state index contributed by atoms with van der Waals surface area (Å²) in [6.07, 6.45) is -2.18. The Labute approximate surface area is 110 Å². The Morgan fingerprint density at radius 2 is 2.11 bits per heavy atom. The largest absolute Gasteiger partial charge is 0.508 e. The van der Waals surface area contributed by atoms with Gasteiger partial charge in [0.15, 0.2) is 0 Å². The van der Waals surface area contributed by atoms with E-state index in [1.54, 1.807) is 0 Å². The highest BCUT2D eigenvalue weighted by Gasteiger charge is 2.21. The van der Waals surface area contributed by atoms with E-state index in [1.165, 1.54) is 25.1 Å². The Kier molecular flexibility index (Phi) is 5.40. The normalized spacial score (nSPS) is 14.0. The summed E-state index contributed by atoms with van der Waals surface area (Å²) in [6.45, 7) is 1.61. The molecular weight excluding hydrogens is 258 g/mol. The molecule has 0 saturated carbocycles. The lowest BCUT2D eigenvalue weighted by Gasteiger charge is -2.19. The molecule has 2 atom stereocenters. The molecule has 4 N–H and O–H groups in total. The SMILES string of the molecule is CC(=O)NCCC(O)C(O)c1cc(Cl)ccc1O. The van der Waals surface area contributed by atoms with Crippen molar-refractivity contribution in [1.82, 2.24) is 5.32 Å². The molecule has 0 aliphatic carbocycles. The second-order valence-corrected chi connectivity index (χ2v) is 4.42. The molecular formula is C12H16ClNO4. The quantitative estimate of drug-likeness (QED) is 0.643. The van der Waals surface area contributed by atoms with Crippen LogP contribution in [0.15, 0.2) is 18.2 Å². The monoisotopic (exact) mass is 273 g/mol. The molecule has 6 heteroatoms. The smallest absolute Gasteiger partial charge is 0.216 e. The van der Waals surface area contributed by atoms with Gasteiger partial charge in [-0.1, -0.05) is 11.6 Å². The molecule has 1 aromatic rings. The summed E-state index contributed by atoms with van der Waals surface area (Å²) < 4.78 is 0. The first-order valence-corrected chi connectivity index (χ1v) is 5.88. The van der Waals surface area contributed by atoms with Gasteiger partial charge < -0.3 is 20.6 Å². The molecule has 0 aromatic heterocycles. The summed E-state index contributed by atoms with van der Waals surface area (Å²) in [5, 5.41) is 32.1. The fourth-order valence-corrected chi connectivity index (χ4v) is 1.70. The third-order valence-corrected chi connectivity index (χ3v) is 2.72. The van der Waals surface area contributed by atoms with Crippen molar-refractivity contribution < 1.29 is 20.1 Å². The second-order valence-electron chi connectivity index (χ2n) is 3.99. The van der Waals surface area contributed by atoms with Crippen molar-refractivity contribution in [2.75, 3.05) is 6.54 Å². The third kappa shape index (κ3) is 4.18. The Balaban J connectivity index is 2.64. The number of halogens is 1. The number of nitrogens with one attached hydrogen (secondary N) is 1. The molecule has 0 heterocycles. The van der Waals surface area contributed by atoms with Gasteiger partial charge in [0.2, 0.25) is 5.91 Å². The molecule has 0 aliphatic rings. The molecule has 1 rings (SSSR count). The number of phenols is 1. The van der Waals surface area contributed by atoms with Gasteiger partial charge in [-0.15, -0.1) is 0 Å². The molecule has 0 saturated heterocycles. The van der Waals surface area contributed by atoms with Crippen LogP contribution in [0.3, 0.4) is 0 Å². The Bertz CT molecular complexity index is 425. The van der Waals surface area contributed by atoms with E-state index in [0.29, 0.717) is 5.02 Å². The fourth-order valence-electron chi connectivity index (χ4n) is 1.52. The molecule has 2 unspecified atom stereocenters. The van der Waals surface area contributed by atoms with Crippen LogP contribution >= 0.6 is 11.6 Å². The highest BCUT2D eigenvalue weighted by atomic mass is 35.5.